The van der Waals surface area contributed by atoms with Crippen LogP contribution in [0.4, 0.5) is 4.79 Å². The molecule has 1 atom stereocenters. The number of amides is 4. The molecule has 0 aromatic heterocycles. The Balaban J connectivity index is 0.00000312. The van der Waals surface area contributed by atoms with E-state index in [1.165, 1.54) is 0 Å². The number of imide groups is 1. The molecule has 0 aliphatic carbocycles. The molecule has 4 amide bonds. The fraction of sp³-hybridized carbons (Fsp3) is 0.438. The number of hydrogen-bond donors (Lipinski definition) is 4. The average Bonchev–Trinajstić information content (AvgIpc) is 2.84. The molecular formula is C16H23ClN4O4. The van der Waals surface area contributed by atoms with Crippen LogP contribution >= 0.6 is 12.4 Å². The average molecular weight is 371 g/mol. The van der Waals surface area contributed by atoms with Crippen molar-refractivity contribution in [2.75, 3.05) is 33.4 Å². The predicted octanol–water partition coefficient (Wildman–Crippen LogP) is 0.129. The Hall–Kier alpha value is -2.16. The first-order chi connectivity index (χ1) is 11.5. The van der Waals surface area contributed by atoms with Gasteiger partial charge in [-0.05, 0) is 24.6 Å². The van der Waals surface area contributed by atoms with Gasteiger partial charge in [0.2, 0.25) is 0 Å². The van der Waals surface area contributed by atoms with Crippen molar-refractivity contribution in [3.05, 3.63) is 35.4 Å². The smallest absolute Gasteiger partial charge is 0.322 e. The zero-order chi connectivity index (χ0) is 17.6. The van der Waals surface area contributed by atoms with Gasteiger partial charge in [0.1, 0.15) is 5.54 Å². The van der Waals surface area contributed by atoms with E-state index in [1.54, 1.807) is 38.3 Å². The Kier molecular flexibility index (Phi) is 7.82. The maximum Gasteiger partial charge on any atom is 0.322 e. The van der Waals surface area contributed by atoms with Crippen LogP contribution in [-0.4, -0.2) is 51.2 Å². The summed E-state index contributed by atoms with van der Waals surface area (Å²) in [5.74, 6) is -0.605. The number of halogens is 1. The zero-order valence-corrected chi connectivity index (χ0v) is 15.0. The van der Waals surface area contributed by atoms with Gasteiger partial charge in [-0.25, -0.2) is 4.79 Å². The number of benzene rings is 1. The minimum Gasteiger partial charge on any atom is -0.383 e. The van der Waals surface area contributed by atoms with E-state index in [1.807, 2.05) is 0 Å². The maximum atomic E-state index is 12.0. The Bertz CT molecular complexity index is 623. The van der Waals surface area contributed by atoms with E-state index < -0.39 is 17.5 Å². The monoisotopic (exact) mass is 370 g/mol. The molecule has 1 saturated heterocycles. The number of ether oxygens (including phenoxy) is 1. The molecule has 1 heterocycles. The van der Waals surface area contributed by atoms with Crippen LogP contribution in [0.25, 0.3) is 0 Å². The SMILES string of the molecule is COCCNCCNC(=O)c1ccc(C2(C)NC(=O)NC2=O)cc1.Cl. The summed E-state index contributed by atoms with van der Waals surface area (Å²) in [5.41, 5.74) is -0.00947. The van der Waals surface area contributed by atoms with Crippen molar-refractivity contribution in [2.45, 2.75) is 12.5 Å². The molecule has 25 heavy (non-hydrogen) atoms. The van der Waals surface area contributed by atoms with Gasteiger partial charge in [-0.3, -0.25) is 14.9 Å². The number of carbonyl (C=O) groups excluding carboxylic acids is 3. The summed E-state index contributed by atoms with van der Waals surface area (Å²) in [5, 5.41) is 10.7. The lowest BCUT2D eigenvalue weighted by molar-refractivity contribution is -0.123. The summed E-state index contributed by atoms with van der Waals surface area (Å²) < 4.78 is 4.91. The van der Waals surface area contributed by atoms with E-state index in [2.05, 4.69) is 21.3 Å². The van der Waals surface area contributed by atoms with Gasteiger partial charge in [-0.1, -0.05) is 12.1 Å². The Morgan fingerprint density at radius 3 is 2.40 bits per heavy atom. The molecule has 1 unspecified atom stereocenters. The summed E-state index contributed by atoms with van der Waals surface area (Å²) >= 11 is 0. The number of rotatable bonds is 8. The molecule has 0 saturated carbocycles. The molecule has 0 bridgehead atoms. The summed E-state index contributed by atoms with van der Waals surface area (Å²) in [6, 6.07) is 6.07. The van der Waals surface area contributed by atoms with Crippen molar-refractivity contribution in [3.8, 4) is 0 Å². The largest absolute Gasteiger partial charge is 0.383 e. The minimum absolute atomic E-state index is 0. The molecule has 1 aromatic rings. The van der Waals surface area contributed by atoms with Crippen LogP contribution in [-0.2, 0) is 15.1 Å². The first-order valence-corrected chi connectivity index (χ1v) is 7.69. The van der Waals surface area contributed by atoms with Crippen LogP contribution in [0.3, 0.4) is 0 Å². The standard InChI is InChI=1S/C16H22N4O4.ClH/c1-16(14(22)19-15(23)20-16)12-5-3-11(4-6-12)13(21)18-8-7-17-9-10-24-2;/h3-6,17H,7-10H2,1-2H3,(H,18,21)(H2,19,20,22,23);1H. The summed E-state index contributed by atoms with van der Waals surface area (Å²) in [6.45, 7) is 4.12. The fourth-order valence-corrected chi connectivity index (χ4v) is 2.37. The molecule has 2 rings (SSSR count). The second-order valence-corrected chi connectivity index (χ2v) is 5.61. The second-order valence-electron chi connectivity index (χ2n) is 5.61. The van der Waals surface area contributed by atoms with Gasteiger partial charge in [0, 0.05) is 32.3 Å². The molecule has 9 heteroatoms. The summed E-state index contributed by atoms with van der Waals surface area (Å²) in [4.78, 5) is 35.2. The van der Waals surface area contributed by atoms with Crippen LogP contribution in [0.5, 0.6) is 0 Å². The minimum atomic E-state index is -1.11. The van der Waals surface area contributed by atoms with Crippen molar-refractivity contribution >= 4 is 30.3 Å². The highest BCUT2D eigenvalue weighted by Gasteiger charge is 2.43. The molecule has 0 spiro atoms. The third kappa shape index (κ3) is 5.15. The molecule has 0 radical (unpaired) electrons. The highest BCUT2D eigenvalue weighted by atomic mass is 35.5. The topological polar surface area (TPSA) is 109 Å². The van der Waals surface area contributed by atoms with Crippen LogP contribution in [0.2, 0.25) is 0 Å². The molecule has 1 fully saturated rings. The van der Waals surface area contributed by atoms with Gasteiger partial charge < -0.3 is 20.7 Å². The first kappa shape index (κ1) is 20.9. The molecule has 1 aliphatic rings. The Morgan fingerprint density at radius 1 is 1.16 bits per heavy atom. The normalized spacial score (nSPS) is 19.0. The number of carbonyl (C=O) groups is 3. The van der Waals surface area contributed by atoms with E-state index >= 15 is 0 Å². The molecule has 138 valence electrons. The van der Waals surface area contributed by atoms with E-state index in [0.717, 1.165) is 6.54 Å². The molecular weight excluding hydrogens is 348 g/mol. The van der Waals surface area contributed by atoms with Gasteiger partial charge in [-0.2, -0.15) is 0 Å². The number of methoxy groups -OCH3 is 1. The fourth-order valence-electron chi connectivity index (χ4n) is 2.37. The first-order valence-electron chi connectivity index (χ1n) is 7.69. The van der Waals surface area contributed by atoms with Crippen molar-refractivity contribution in [1.82, 2.24) is 21.3 Å². The zero-order valence-electron chi connectivity index (χ0n) is 14.2. The van der Waals surface area contributed by atoms with Gasteiger partial charge in [0.15, 0.2) is 0 Å². The lowest BCUT2D eigenvalue weighted by Gasteiger charge is -2.21. The van der Waals surface area contributed by atoms with Gasteiger partial charge in [0.05, 0.1) is 6.61 Å². The van der Waals surface area contributed by atoms with Crippen LogP contribution in [0, 0.1) is 0 Å². The highest BCUT2D eigenvalue weighted by Crippen LogP contribution is 2.24. The van der Waals surface area contributed by atoms with Crippen molar-refractivity contribution < 1.29 is 19.1 Å². The lowest BCUT2D eigenvalue weighted by atomic mass is 9.91. The predicted molar refractivity (Wildman–Crippen MR) is 94.8 cm³/mol. The van der Waals surface area contributed by atoms with E-state index in [9.17, 15) is 14.4 Å². The van der Waals surface area contributed by atoms with E-state index in [4.69, 9.17) is 4.74 Å². The molecule has 1 aromatic carbocycles. The summed E-state index contributed by atoms with van der Waals surface area (Å²) in [7, 11) is 1.63. The van der Waals surface area contributed by atoms with Crippen molar-refractivity contribution in [2.24, 2.45) is 0 Å². The summed E-state index contributed by atoms with van der Waals surface area (Å²) in [6.07, 6.45) is 0. The Morgan fingerprint density at radius 2 is 1.84 bits per heavy atom. The Labute approximate surface area is 152 Å². The van der Waals surface area contributed by atoms with E-state index in [-0.39, 0.29) is 18.3 Å². The number of nitrogens with one attached hydrogen (secondary N) is 4. The van der Waals surface area contributed by atoms with Gasteiger partial charge in [0.25, 0.3) is 11.8 Å². The van der Waals surface area contributed by atoms with Crippen LogP contribution in [0.15, 0.2) is 24.3 Å². The third-order valence-corrected chi connectivity index (χ3v) is 3.84. The van der Waals surface area contributed by atoms with Crippen LogP contribution in [0.1, 0.15) is 22.8 Å². The molecule has 1 aliphatic heterocycles. The van der Waals surface area contributed by atoms with Crippen molar-refractivity contribution in [3.63, 3.8) is 0 Å². The number of hydrogen-bond acceptors (Lipinski definition) is 5. The molecule has 8 nitrogen and oxygen atoms in total. The highest BCUT2D eigenvalue weighted by molar-refractivity contribution is 6.07. The second kappa shape index (κ2) is 9.36. The van der Waals surface area contributed by atoms with E-state index in [0.29, 0.717) is 30.8 Å². The van der Waals surface area contributed by atoms with Gasteiger partial charge in [-0.15, -0.1) is 12.4 Å². The number of urea groups is 1. The van der Waals surface area contributed by atoms with Crippen molar-refractivity contribution in [1.29, 1.82) is 0 Å². The molecule has 4 N–H and O–H groups in total. The van der Waals surface area contributed by atoms with Crippen LogP contribution < -0.4 is 21.3 Å². The lowest BCUT2D eigenvalue weighted by Crippen LogP contribution is -2.40. The van der Waals surface area contributed by atoms with Gasteiger partial charge >= 0.3 is 6.03 Å². The third-order valence-electron chi connectivity index (χ3n) is 3.84. The maximum absolute atomic E-state index is 12.0. The quantitative estimate of drug-likeness (QED) is 0.384.